The second-order valence-electron chi connectivity index (χ2n) is 6.69. The number of carbonyl (C=O) groups is 1. The number of para-hydroxylation sites is 1. The van der Waals surface area contributed by atoms with Crippen LogP contribution in [-0.2, 0) is 12.5 Å². The molecule has 0 atom stereocenters. The van der Waals surface area contributed by atoms with Gasteiger partial charge in [-0.2, -0.15) is 13.8 Å². The molecule has 1 N–H and O–H groups in total. The monoisotopic (exact) mass is 390 g/mol. The molecule has 0 radical (unpaired) electrons. The van der Waals surface area contributed by atoms with Crippen molar-refractivity contribution in [3.8, 4) is 5.69 Å². The summed E-state index contributed by atoms with van der Waals surface area (Å²) in [5.74, 6) is -3.90. The highest BCUT2D eigenvalue weighted by Crippen LogP contribution is 2.24. The van der Waals surface area contributed by atoms with Crippen molar-refractivity contribution in [2.75, 3.05) is 0 Å². The third kappa shape index (κ3) is 4.05. The summed E-state index contributed by atoms with van der Waals surface area (Å²) in [5.41, 5.74) is 1.91. The van der Waals surface area contributed by atoms with Gasteiger partial charge >= 0.3 is 5.92 Å². The van der Waals surface area contributed by atoms with Crippen LogP contribution in [0, 0.1) is 6.92 Å². The summed E-state index contributed by atoms with van der Waals surface area (Å²) in [4.78, 5) is 20.1. The lowest BCUT2D eigenvalue weighted by Crippen LogP contribution is -2.24. The van der Waals surface area contributed by atoms with E-state index in [-0.39, 0.29) is 24.2 Å². The van der Waals surface area contributed by atoms with Crippen molar-refractivity contribution < 1.29 is 18.1 Å². The fraction of sp³-hybridized carbons (Fsp3) is 0.389. The number of benzene rings is 1. The maximum atomic E-state index is 13.1. The number of carbonyl (C=O) groups excluding carboxylic acids is 1. The van der Waals surface area contributed by atoms with Crippen LogP contribution in [0.15, 0.2) is 28.8 Å². The zero-order valence-corrected chi connectivity index (χ0v) is 15.9. The first kappa shape index (κ1) is 19.6. The predicted octanol–water partition coefficient (Wildman–Crippen LogP) is 3.12. The Bertz CT molecular complexity index is 990. The van der Waals surface area contributed by atoms with E-state index in [1.54, 1.807) is 11.6 Å². The van der Waals surface area contributed by atoms with Gasteiger partial charge in [-0.05, 0) is 24.5 Å². The van der Waals surface area contributed by atoms with Crippen molar-refractivity contribution in [2.45, 2.75) is 46.1 Å². The Balaban J connectivity index is 1.76. The Kier molecular flexibility index (Phi) is 5.21. The van der Waals surface area contributed by atoms with Crippen LogP contribution >= 0.6 is 0 Å². The smallest absolute Gasteiger partial charge is 0.307 e. The lowest BCUT2D eigenvalue weighted by molar-refractivity contribution is 0.00558. The summed E-state index contributed by atoms with van der Waals surface area (Å²) in [6, 6.07) is 7.73. The van der Waals surface area contributed by atoms with Crippen LogP contribution in [0.3, 0.4) is 0 Å². The molecule has 0 bridgehead atoms. The minimum Gasteiger partial charge on any atom is -0.340 e. The van der Waals surface area contributed by atoms with Gasteiger partial charge in [0.2, 0.25) is 17.5 Å². The normalized spacial score (nSPS) is 11.8. The molecule has 3 rings (SSSR count). The SMILES string of the molecule is Cc1nc(C(=O)NCc2nc(C(C)(F)F)no2)nn1-c1ccccc1C(C)C. The molecule has 1 aromatic carbocycles. The highest BCUT2D eigenvalue weighted by molar-refractivity contribution is 5.90. The summed E-state index contributed by atoms with van der Waals surface area (Å²) < 4.78 is 32.6. The zero-order chi connectivity index (χ0) is 20.5. The maximum Gasteiger partial charge on any atom is 0.307 e. The molecule has 10 heteroatoms. The second kappa shape index (κ2) is 7.45. The third-order valence-corrected chi connectivity index (χ3v) is 4.02. The molecular formula is C18H20F2N6O2. The van der Waals surface area contributed by atoms with E-state index in [0.29, 0.717) is 12.7 Å². The molecule has 3 aromatic rings. The summed E-state index contributed by atoms with van der Waals surface area (Å²) in [6.07, 6.45) is 0. The van der Waals surface area contributed by atoms with E-state index >= 15 is 0 Å². The van der Waals surface area contributed by atoms with Gasteiger partial charge in [-0.1, -0.05) is 37.2 Å². The molecule has 0 unspecified atom stereocenters. The fourth-order valence-corrected chi connectivity index (χ4v) is 2.62. The summed E-state index contributed by atoms with van der Waals surface area (Å²) >= 11 is 0. The molecule has 0 fully saturated rings. The maximum absolute atomic E-state index is 13.1. The number of aryl methyl sites for hydroxylation is 1. The topological polar surface area (TPSA) is 98.7 Å². The quantitative estimate of drug-likeness (QED) is 0.694. The van der Waals surface area contributed by atoms with E-state index in [1.807, 2.05) is 24.3 Å². The highest BCUT2D eigenvalue weighted by atomic mass is 19.3. The van der Waals surface area contributed by atoms with Crippen molar-refractivity contribution in [3.63, 3.8) is 0 Å². The molecule has 8 nitrogen and oxygen atoms in total. The molecule has 2 heterocycles. The molecule has 2 aromatic heterocycles. The van der Waals surface area contributed by atoms with Crippen molar-refractivity contribution in [2.24, 2.45) is 0 Å². The zero-order valence-electron chi connectivity index (χ0n) is 15.9. The average Bonchev–Trinajstić information content (AvgIpc) is 3.26. The number of hydrogen-bond donors (Lipinski definition) is 1. The first-order valence-corrected chi connectivity index (χ1v) is 8.69. The molecule has 28 heavy (non-hydrogen) atoms. The van der Waals surface area contributed by atoms with Gasteiger partial charge in [0.05, 0.1) is 12.2 Å². The first-order chi connectivity index (χ1) is 13.2. The number of rotatable bonds is 6. The Hall–Kier alpha value is -3.17. The van der Waals surface area contributed by atoms with Gasteiger partial charge in [0.15, 0.2) is 0 Å². The van der Waals surface area contributed by atoms with Crippen LogP contribution in [0.1, 0.15) is 60.4 Å². The van der Waals surface area contributed by atoms with E-state index in [2.05, 4.69) is 39.4 Å². The number of halogens is 2. The first-order valence-electron chi connectivity index (χ1n) is 8.69. The molecular weight excluding hydrogens is 370 g/mol. The van der Waals surface area contributed by atoms with Crippen molar-refractivity contribution in [3.05, 3.63) is 53.2 Å². The fourth-order valence-electron chi connectivity index (χ4n) is 2.62. The van der Waals surface area contributed by atoms with Crippen LogP contribution < -0.4 is 5.32 Å². The second-order valence-corrected chi connectivity index (χ2v) is 6.69. The largest absolute Gasteiger partial charge is 0.340 e. The average molecular weight is 390 g/mol. The lowest BCUT2D eigenvalue weighted by atomic mass is 10.0. The number of nitrogens with one attached hydrogen (secondary N) is 1. The van der Waals surface area contributed by atoms with Gasteiger partial charge < -0.3 is 9.84 Å². The molecule has 0 aliphatic rings. The summed E-state index contributed by atoms with van der Waals surface area (Å²) in [5, 5.41) is 9.98. The van der Waals surface area contributed by atoms with Crippen LogP contribution in [0.2, 0.25) is 0 Å². The summed E-state index contributed by atoms with van der Waals surface area (Å²) in [7, 11) is 0. The number of alkyl halides is 2. The van der Waals surface area contributed by atoms with Gasteiger partial charge in [-0.3, -0.25) is 4.79 Å². The molecule has 1 amide bonds. The van der Waals surface area contributed by atoms with Crippen LogP contribution in [-0.4, -0.2) is 30.8 Å². The van der Waals surface area contributed by atoms with E-state index in [1.165, 1.54) is 0 Å². The number of hydrogen-bond acceptors (Lipinski definition) is 6. The molecule has 0 saturated heterocycles. The van der Waals surface area contributed by atoms with Crippen molar-refractivity contribution in [1.29, 1.82) is 0 Å². The van der Waals surface area contributed by atoms with Gasteiger partial charge in [0.25, 0.3) is 5.91 Å². The Morgan fingerprint density at radius 1 is 1.29 bits per heavy atom. The standard InChI is InChI=1S/C18H20F2N6O2/c1-10(2)12-7-5-6-8-13(12)26-11(3)22-15(24-26)16(27)21-9-14-23-17(25-28-14)18(4,19)20/h5-8,10H,9H2,1-4H3,(H,21,27). The van der Waals surface area contributed by atoms with Gasteiger partial charge in [-0.15, -0.1) is 5.10 Å². The van der Waals surface area contributed by atoms with Crippen molar-refractivity contribution in [1.82, 2.24) is 30.2 Å². The van der Waals surface area contributed by atoms with E-state index in [0.717, 1.165) is 11.3 Å². The minimum absolute atomic E-state index is 0.0448. The van der Waals surface area contributed by atoms with Crippen molar-refractivity contribution >= 4 is 5.91 Å². The Labute approximate surface area is 160 Å². The minimum atomic E-state index is -3.22. The predicted molar refractivity (Wildman–Crippen MR) is 95.2 cm³/mol. The molecule has 0 aliphatic carbocycles. The Morgan fingerprint density at radius 2 is 2.00 bits per heavy atom. The molecule has 0 spiro atoms. The molecule has 0 saturated carbocycles. The van der Waals surface area contributed by atoms with Crippen LogP contribution in [0.4, 0.5) is 8.78 Å². The van der Waals surface area contributed by atoms with E-state index in [9.17, 15) is 13.6 Å². The Morgan fingerprint density at radius 3 is 2.64 bits per heavy atom. The number of amides is 1. The number of aromatic nitrogens is 5. The molecule has 148 valence electrons. The van der Waals surface area contributed by atoms with Gasteiger partial charge in [0, 0.05) is 6.92 Å². The number of nitrogens with zero attached hydrogens (tertiary/aromatic N) is 5. The molecule has 0 aliphatic heterocycles. The highest BCUT2D eigenvalue weighted by Gasteiger charge is 2.31. The van der Waals surface area contributed by atoms with Gasteiger partial charge in [-0.25, -0.2) is 9.67 Å². The van der Waals surface area contributed by atoms with Crippen LogP contribution in [0.25, 0.3) is 5.69 Å². The van der Waals surface area contributed by atoms with E-state index < -0.39 is 17.7 Å². The van der Waals surface area contributed by atoms with Crippen LogP contribution in [0.5, 0.6) is 0 Å². The lowest BCUT2D eigenvalue weighted by Gasteiger charge is -2.12. The van der Waals surface area contributed by atoms with Gasteiger partial charge in [0.1, 0.15) is 5.82 Å². The van der Waals surface area contributed by atoms with E-state index in [4.69, 9.17) is 4.52 Å². The third-order valence-electron chi connectivity index (χ3n) is 4.02. The summed E-state index contributed by atoms with van der Waals surface area (Å²) in [6.45, 7) is 6.33.